The predicted molar refractivity (Wildman–Crippen MR) is 83.2 cm³/mol. The maximum absolute atomic E-state index is 3.94. The van der Waals surface area contributed by atoms with Crippen LogP contribution in [-0.4, -0.2) is 6.04 Å². The van der Waals surface area contributed by atoms with Gasteiger partial charge in [0.15, 0.2) is 0 Å². The second-order valence-electron chi connectivity index (χ2n) is 7.35. The fraction of sp³-hybridized carbons (Fsp3) is 0.667. The first-order valence-electron chi connectivity index (χ1n) is 7.78. The summed E-state index contributed by atoms with van der Waals surface area (Å²) in [5.41, 5.74) is 1.68. The lowest BCUT2D eigenvalue weighted by Crippen LogP contribution is -2.41. The van der Waals surface area contributed by atoms with Gasteiger partial charge in [0, 0.05) is 12.1 Å². The molecule has 1 fully saturated rings. The maximum Gasteiger partial charge on any atom is 0.0371 e. The molecule has 2 rings (SSSR count). The summed E-state index contributed by atoms with van der Waals surface area (Å²) < 4.78 is 0. The standard InChI is InChI=1S/C18H29N/c1-14-9-8-12-16(13-14)19-17(18(2,3)4)15-10-6-5-7-11-15/h5-7,10-11,14,16-17,19H,8-9,12-13H2,1-4H3. The van der Waals surface area contributed by atoms with Gasteiger partial charge in [-0.3, -0.25) is 0 Å². The lowest BCUT2D eigenvalue weighted by molar-refractivity contribution is 0.208. The van der Waals surface area contributed by atoms with Crippen LogP contribution in [0.3, 0.4) is 0 Å². The minimum atomic E-state index is 0.252. The van der Waals surface area contributed by atoms with Crippen molar-refractivity contribution in [2.24, 2.45) is 11.3 Å². The summed E-state index contributed by atoms with van der Waals surface area (Å²) in [6, 6.07) is 12.1. The molecule has 0 amide bonds. The van der Waals surface area contributed by atoms with Crippen molar-refractivity contribution in [2.75, 3.05) is 0 Å². The van der Waals surface area contributed by atoms with E-state index in [2.05, 4.69) is 63.3 Å². The van der Waals surface area contributed by atoms with Crippen LogP contribution in [0.2, 0.25) is 0 Å². The zero-order valence-corrected chi connectivity index (χ0v) is 12.9. The molecule has 0 bridgehead atoms. The van der Waals surface area contributed by atoms with Gasteiger partial charge < -0.3 is 5.32 Å². The maximum atomic E-state index is 3.94. The van der Waals surface area contributed by atoms with Crippen molar-refractivity contribution in [1.82, 2.24) is 5.32 Å². The van der Waals surface area contributed by atoms with Crippen LogP contribution in [0.4, 0.5) is 0 Å². The van der Waals surface area contributed by atoms with Gasteiger partial charge in [0.05, 0.1) is 0 Å². The molecule has 1 aromatic rings. The fourth-order valence-corrected chi connectivity index (χ4v) is 3.31. The lowest BCUT2D eigenvalue weighted by Gasteiger charge is -2.38. The third kappa shape index (κ3) is 4.07. The van der Waals surface area contributed by atoms with E-state index in [1.165, 1.54) is 31.2 Å². The van der Waals surface area contributed by atoms with Crippen molar-refractivity contribution >= 4 is 0 Å². The Morgan fingerprint density at radius 1 is 1.11 bits per heavy atom. The van der Waals surface area contributed by atoms with E-state index in [4.69, 9.17) is 0 Å². The molecule has 0 radical (unpaired) electrons. The van der Waals surface area contributed by atoms with Gasteiger partial charge in [-0.1, -0.05) is 70.9 Å². The van der Waals surface area contributed by atoms with Gasteiger partial charge in [0.1, 0.15) is 0 Å². The molecule has 1 heteroatoms. The quantitative estimate of drug-likeness (QED) is 0.810. The summed E-state index contributed by atoms with van der Waals surface area (Å²) in [6.07, 6.45) is 5.46. The third-order valence-electron chi connectivity index (χ3n) is 4.34. The zero-order valence-electron chi connectivity index (χ0n) is 12.9. The van der Waals surface area contributed by atoms with Gasteiger partial charge in [-0.15, -0.1) is 0 Å². The summed E-state index contributed by atoms with van der Waals surface area (Å²) >= 11 is 0. The van der Waals surface area contributed by atoms with Crippen LogP contribution in [0, 0.1) is 11.3 Å². The van der Waals surface area contributed by atoms with Crippen molar-refractivity contribution < 1.29 is 0 Å². The Hall–Kier alpha value is -0.820. The molecule has 0 spiro atoms. The van der Waals surface area contributed by atoms with E-state index in [1.54, 1.807) is 0 Å². The van der Waals surface area contributed by atoms with E-state index in [9.17, 15) is 0 Å². The molecule has 106 valence electrons. The predicted octanol–water partition coefficient (Wildman–Crippen LogP) is 4.94. The van der Waals surface area contributed by atoms with E-state index in [0.717, 1.165) is 5.92 Å². The van der Waals surface area contributed by atoms with Gasteiger partial charge in [-0.05, 0) is 29.7 Å². The van der Waals surface area contributed by atoms with Crippen molar-refractivity contribution in [3.8, 4) is 0 Å². The minimum Gasteiger partial charge on any atom is -0.307 e. The Morgan fingerprint density at radius 3 is 2.37 bits per heavy atom. The van der Waals surface area contributed by atoms with Crippen LogP contribution in [-0.2, 0) is 0 Å². The van der Waals surface area contributed by atoms with Crippen LogP contribution >= 0.6 is 0 Å². The van der Waals surface area contributed by atoms with Crippen molar-refractivity contribution in [1.29, 1.82) is 0 Å². The van der Waals surface area contributed by atoms with Crippen LogP contribution in [0.5, 0.6) is 0 Å². The Labute approximate surface area is 118 Å². The van der Waals surface area contributed by atoms with E-state index >= 15 is 0 Å². The summed E-state index contributed by atoms with van der Waals surface area (Å²) in [5.74, 6) is 0.877. The molecule has 1 aromatic carbocycles. The average Bonchev–Trinajstić information content (AvgIpc) is 2.36. The second-order valence-corrected chi connectivity index (χ2v) is 7.35. The van der Waals surface area contributed by atoms with Crippen molar-refractivity contribution in [3.63, 3.8) is 0 Å². The third-order valence-corrected chi connectivity index (χ3v) is 4.34. The number of nitrogens with one attached hydrogen (secondary N) is 1. The molecule has 1 N–H and O–H groups in total. The molecule has 1 nitrogen and oxygen atoms in total. The van der Waals surface area contributed by atoms with E-state index in [1.807, 2.05) is 0 Å². The van der Waals surface area contributed by atoms with Crippen LogP contribution in [0.1, 0.15) is 65.0 Å². The molecule has 1 aliphatic rings. The molecule has 0 aliphatic heterocycles. The monoisotopic (exact) mass is 259 g/mol. The number of benzene rings is 1. The normalized spacial score (nSPS) is 26.1. The summed E-state index contributed by atoms with van der Waals surface area (Å²) in [4.78, 5) is 0. The van der Waals surface area contributed by atoms with Gasteiger partial charge >= 0.3 is 0 Å². The first kappa shape index (κ1) is 14.6. The van der Waals surface area contributed by atoms with E-state index < -0.39 is 0 Å². The number of hydrogen-bond donors (Lipinski definition) is 1. The van der Waals surface area contributed by atoms with Gasteiger partial charge in [0.2, 0.25) is 0 Å². The molecular weight excluding hydrogens is 230 g/mol. The Morgan fingerprint density at radius 2 is 1.79 bits per heavy atom. The molecule has 0 aromatic heterocycles. The largest absolute Gasteiger partial charge is 0.307 e. The SMILES string of the molecule is CC1CCCC(NC(c2ccccc2)C(C)(C)C)C1. The lowest BCUT2D eigenvalue weighted by atomic mass is 9.80. The van der Waals surface area contributed by atoms with Gasteiger partial charge in [0.25, 0.3) is 0 Å². The minimum absolute atomic E-state index is 0.252. The molecular formula is C18H29N. The van der Waals surface area contributed by atoms with E-state index in [-0.39, 0.29) is 5.41 Å². The summed E-state index contributed by atoms with van der Waals surface area (Å²) in [7, 11) is 0. The first-order valence-corrected chi connectivity index (χ1v) is 7.78. The number of rotatable bonds is 3. The molecule has 1 aliphatic carbocycles. The Bertz CT molecular complexity index is 376. The second kappa shape index (κ2) is 6.09. The molecule has 3 atom stereocenters. The van der Waals surface area contributed by atoms with Crippen molar-refractivity contribution in [3.05, 3.63) is 35.9 Å². The highest BCUT2D eigenvalue weighted by Crippen LogP contribution is 2.35. The molecule has 0 saturated heterocycles. The Balaban J connectivity index is 2.11. The van der Waals surface area contributed by atoms with Gasteiger partial charge in [-0.2, -0.15) is 0 Å². The smallest absolute Gasteiger partial charge is 0.0371 e. The highest BCUT2D eigenvalue weighted by molar-refractivity contribution is 5.21. The van der Waals surface area contributed by atoms with Crippen LogP contribution < -0.4 is 5.32 Å². The highest BCUT2D eigenvalue weighted by Gasteiger charge is 2.29. The van der Waals surface area contributed by atoms with Gasteiger partial charge in [-0.25, -0.2) is 0 Å². The topological polar surface area (TPSA) is 12.0 Å². The number of hydrogen-bond acceptors (Lipinski definition) is 1. The highest BCUT2D eigenvalue weighted by atomic mass is 15.0. The fourth-order valence-electron chi connectivity index (χ4n) is 3.31. The molecule has 0 heterocycles. The summed E-state index contributed by atoms with van der Waals surface area (Å²) in [5, 5.41) is 3.94. The van der Waals surface area contributed by atoms with Crippen molar-refractivity contribution in [2.45, 2.75) is 65.5 Å². The molecule has 19 heavy (non-hydrogen) atoms. The first-order chi connectivity index (χ1) is 8.97. The Kier molecular flexibility index (Phi) is 4.67. The van der Waals surface area contributed by atoms with Crippen LogP contribution in [0.25, 0.3) is 0 Å². The summed E-state index contributed by atoms with van der Waals surface area (Å²) in [6.45, 7) is 9.40. The average molecular weight is 259 g/mol. The molecule has 1 saturated carbocycles. The van der Waals surface area contributed by atoms with E-state index in [0.29, 0.717) is 12.1 Å². The molecule has 3 unspecified atom stereocenters. The zero-order chi connectivity index (χ0) is 13.9. The van der Waals surface area contributed by atoms with Crippen LogP contribution in [0.15, 0.2) is 30.3 Å².